The van der Waals surface area contributed by atoms with E-state index in [1.165, 1.54) is 20.5 Å². The largest absolute Gasteiger partial charge is 0.379 e. The van der Waals surface area contributed by atoms with Gasteiger partial charge in [0.15, 0.2) is 16.1 Å². The predicted molar refractivity (Wildman–Crippen MR) is 65.8 cm³/mol. The fraction of sp³-hybridized carbons (Fsp3) is 0.455. The van der Waals surface area contributed by atoms with Gasteiger partial charge < -0.3 is 14.8 Å². The van der Waals surface area contributed by atoms with Crippen LogP contribution in [0.1, 0.15) is 0 Å². The summed E-state index contributed by atoms with van der Waals surface area (Å²) in [6, 6.07) is 6.72. The number of ether oxygens (including phenoxy) is 2. The Labute approximate surface area is 102 Å². The second kappa shape index (κ2) is 6.00. The minimum absolute atomic E-state index is 0.269. The number of benzene rings is 1. The van der Waals surface area contributed by atoms with Gasteiger partial charge in [-0.1, -0.05) is 12.1 Å². The van der Waals surface area contributed by atoms with Crippen molar-refractivity contribution < 1.29 is 17.9 Å². The van der Waals surface area contributed by atoms with Gasteiger partial charge in [0.25, 0.3) is 0 Å². The molecular weight excluding hydrogens is 242 g/mol. The van der Waals surface area contributed by atoms with Crippen molar-refractivity contribution in [1.29, 1.82) is 0 Å². The van der Waals surface area contributed by atoms with Crippen LogP contribution in [0, 0.1) is 0 Å². The molecule has 0 heterocycles. The van der Waals surface area contributed by atoms with Gasteiger partial charge in [0, 0.05) is 20.5 Å². The highest BCUT2D eigenvalue weighted by Crippen LogP contribution is 2.20. The van der Waals surface area contributed by atoms with Crippen LogP contribution in [0.5, 0.6) is 0 Å². The molecule has 0 spiro atoms. The third-order valence-electron chi connectivity index (χ3n) is 2.27. The van der Waals surface area contributed by atoms with Crippen LogP contribution in [0.4, 0.5) is 5.69 Å². The predicted octanol–water partition coefficient (Wildman–Crippen LogP) is 1.12. The van der Waals surface area contributed by atoms with Crippen molar-refractivity contribution in [3.8, 4) is 0 Å². The van der Waals surface area contributed by atoms with Crippen LogP contribution in [-0.2, 0) is 19.3 Å². The first-order chi connectivity index (χ1) is 7.99. The topological polar surface area (TPSA) is 64.6 Å². The zero-order valence-electron chi connectivity index (χ0n) is 10.1. The summed E-state index contributed by atoms with van der Waals surface area (Å²) in [5, 5.41) is 2.99. The Balaban J connectivity index is 2.85. The highest BCUT2D eigenvalue weighted by molar-refractivity contribution is 7.90. The molecule has 0 aliphatic carbocycles. The van der Waals surface area contributed by atoms with Gasteiger partial charge in [-0.2, -0.15) is 0 Å². The molecule has 17 heavy (non-hydrogen) atoms. The molecule has 0 aliphatic rings. The van der Waals surface area contributed by atoms with Gasteiger partial charge in [-0.3, -0.25) is 0 Å². The molecule has 0 unspecified atom stereocenters. The van der Waals surface area contributed by atoms with E-state index in [0.717, 1.165) is 0 Å². The lowest BCUT2D eigenvalue weighted by atomic mass is 10.3. The zero-order valence-corrected chi connectivity index (χ0v) is 11.0. The van der Waals surface area contributed by atoms with Crippen LogP contribution in [-0.4, -0.2) is 41.7 Å². The van der Waals surface area contributed by atoms with Crippen molar-refractivity contribution in [3.63, 3.8) is 0 Å². The summed E-state index contributed by atoms with van der Waals surface area (Å²) in [4.78, 5) is 0.269. The standard InChI is InChI=1S/C11H17NO4S/c1-15-11(16-2)8-12-9-6-4-5-7-10(9)17(3,13)14/h4-7,11-12H,8H2,1-3H3. The monoisotopic (exact) mass is 259 g/mol. The maximum Gasteiger partial charge on any atom is 0.177 e. The molecule has 1 rings (SSSR count). The summed E-state index contributed by atoms with van der Waals surface area (Å²) in [5.41, 5.74) is 0.550. The summed E-state index contributed by atoms with van der Waals surface area (Å²) in [5.74, 6) is 0. The van der Waals surface area contributed by atoms with Crippen LogP contribution in [0.3, 0.4) is 0 Å². The zero-order chi connectivity index (χ0) is 12.9. The summed E-state index contributed by atoms with van der Waals surface area (Å²) in [6.45, 7) is 0.375. The van der Waals surface area contributed by atoms with Crippen LogP contribution in [0.2, 0.25) is 0 Å². The maximum atomic E-state index is 11.5. The first-order valence-electron chi connectivity index (χ1n) is 5.07. The Morgan fingerprint density at radius 2 is 1.82 bits per heavy atom. The lowest BCUT2D eigenvalue weighted by molar-refractivity contribution is -0.0914. The fourth-order valence-corrected chi connectivity index (χ4v) is 2.26. The Hall–Kier alpha value is -1.11. The Morgan fingerprint density at radius 3 is 2.35 bits per heavy atom. The molecule has 6 heteroatoms. The number of rotatable bonds is 6. The Kier molecular flexibility index (Phi) is 4.92. The van der Waals surface area contributed by atoms with E-state index < -0.39 is 16.1 Å². The SMILES string of the molecule is COC(CNc1ccccc1S(C)(=O)=O)OC. The van der Waals surface area contributed by atoms with E-state index >= 15 is 0 Å². The van der Waals surface area contributed by atoms with E-state index in [1.54, 1.807) is 24.3 Å². The number of hydrogen-bond acceptors (Lipinski definition) is 5. The van der Waals surface area contributed by atoms with Crippen molar-refractivity contribution in [2.45, 2.75) is 11.2 Å². The Bertz CT molecular complexity index is 454. The van der Waals surface area contributed by atoms with Gasteiger partial charge >= 0.3 is 0 Å². The molecule has 1 aromatic carbocycles. The third kappa shape index (κ3) is 3.99. The molecular formula is C11H17NO4S. The molecule has 0 atom stereocenters. The van der Waals surface area contributed by atoms with Gasteiger partial charge in [-0.05, 0) is 12.1 Å². The van der Waals surface area contributed by atoms with Crippen molar-refractivity contribution in [3.05, 3.63) is 24.3 Å². The van der Waals surface area contributed by atoms with E-state index in [0.29, 0.717) is 12.2 Å². The molecule has 0 fully saturated rings. The number of hydrogen-bond donors (Lipinski definition) is 1. The average molecular weight is 259 g/mol. The lowest BCUT2D eigenvalue weighted by Gasteiger charge is -2.16. The summed E-state index contributed by atoms with van der Waals surface area (Å²) in [6.07, 6.45) is 0.764. The lowest BCUT2D eigenvalue weighted by Crippen LogP contribution is -2.24. The molecule has 0 saturated heterocycles. The molecule has 0 aliphatic heterocycles. The van der Waals surface area contributed by atoms with Crippen LogP contribution < -0.4 is 5.32 Å². The van der Waals surface area contributed by atoms with Crippen molar-refractivity contribution in [2.75, 3.05) is 32.3 Å². The molecule has 0 saturated carbocycles. The fourth-order valence-electron chi connectivity index (χ4n) is 1.39. The van der Waals surface area contributed by atoms with Gasteiger partial charge in [0.2, 0.25) is 0 Å². The smallest absolute Gasteiger partial charge is 0.177 e. The van der Waals surface area contributed by atoms with Gasteiger partial charge in [-0.25, -0.2) is 8.42 Å². The summed E-state index contributed by atoms with van der Waals surface area (Å²) in [7, 11) is -0.187. The van der Waals surface area contributed by atoms with E-state index in [-0.39, 0.29) is 4.90 Å². The molecule has 0 aromatic heterocycles. The number of sulfone groups is 1. The molecule has 0 amide bonds. The van der Waals surface area contributed by atoms with Crippen molar-refractivity contribution in [2.24, 2.45) is 0 Å². The number of nitrogens with one attached hydrogen (secondary N) is 1. The molecule has 5 nitrogen and oxygen atoms in total. The highest BCUT2D eigenvalue weighted by Gasteiger charge is 2.13. The van der Waals surface area contributed by atoms with Crippen LogP contribution >= 0.6 is 0 Å². The van der Waals surface area contributed by atoms with Crippen LogP contribution in [0.25, 0.3) is 0 Å². The second-order valence-electron chi connectivity index (χ2n) is 3.55. The van der Waals surface area contributed by atoms with E-state index in [9.17, 15) is 8.42 Å². The summed E-state index contributed by atoms with van der Waals surface area (Å²) >= 11 is 0. The Morgan fingerprint density at radius 1 is 1.24 bits per heavy atom. The van der Waals surface area contributed by atoms with E-state index in [2.05, 4.69) is 5.32 Å². The first-order valence-corrected chi connectivity index (χ1v) is 6.96. The highest BCUT2D eigenvalue weighted by atomic mass is 32.2. The average Bonchev–Trinajstić information content (AvgIpc) is 2.29. The number of para-hydroxylation sites is 1. The van der Waals surface area contributed by atoms with E-state index in [4.69, 9.17) is 9.47 Å². The quantitative estimate of drug-likeness (QED) is 0.776. The van der Waals surface area contributed by atoms with Crippen molar-refractivity contribution >= 4 is 15.5 Å². The third-order valence-corrected chi connectivity index (χ3v) is 3.43. The molecule has 0 radical (unpaired) electrons. The maximum absolute atomic E-state index is 11.5. The molecule has 1 N–H and O–H groups in total. The minimum Gasteiger partial charge on any atom is -0.379 e. The van der Waals surface area contributed by atoms with Gasteiger partial charge in [0.1, 0.15) is 0 Å². The number of methoxy groups -OCH3 is 2. The van der Waals surface area contributed by atoms with Crippen molar-refractivity contribution in [1.82, 2.24) is 0 Å². The molecule has 0 bridgehead atoms. The summed E-state index contributed by atoms with van der Waals surface area (Å²) < 4.78 is 33.1. The molecule has 96 valence electrons. The minimum atomic E-state index is -3.24. The van der Waals surface area contributed by atoms with Crippen LogP contribution in [0.15, 0.2) is 29.2 Å². The number of anilines is 1. The first kappa shape index (κ1) is 14.0. The normalized spacial score (nSPS) is 11.8. The van der Waals surface area contributed by atoms with E-state index in [1.807, 2.05) is 0 Å². The van der Waals surface area contributed by atoms with Gasteiger partial charge in [0.05, 0.1) is 17.1 Å². The van der Waals surface area contributed by atoms with Gasteiger partial charge in [-0.15, -0.1) is 0 Å². The molecule has 1 aromatic rings. The second-order valence-corrected chi connectivity index (χ2v) is 5.53.